The number of imidazole rings is 1. The first-order valence-electron chi connectivity index (χ1n) is 8.14. The number of pyridine rings is 1. The highest BCUT2D eigenvalue weighted by Gasteiger charge is 2.30. The molecule has 0 bridgehead atoms. The van der Waals surface area contributed by atoms with E-state index in [1.165, 1.54) is 25.0 Å². The Balaban J connectivity index is 1.46. The van der Waals surface area contributed by atoms with Crippen LogP contribution in [0.25, 0.3) is 0 Å². The van der Waals surface area contributed by atoms with Crippen LogP contribution in [0, 0.1) is 5.92 Å². The Morgan fingerprint density at radius 3 is 2.91 bits per heavy atom. The molecule has 1 saturated carbocycles. The molecule has 116 valence electrons. The summed E-state index contributed by atoms with van der Waals surface area (Å²) < 4.78 is 8.24. The SMILES string of the molecule is c1cncc(OC[C@@H]2CN(C3CCC3)Cc3cncn3C2)c1. The maximum absolute atomic E-state index is 5.95. The summed E-state index contributed by atoms with van der Waals surface area (Å²) in [7, 11) is 0. The van der Waals surface area contributed by atoms with Crippen LogP contribution in [0.3, 0.4) is 0 Å². The van der Waals surface area contributed by atoms with E-state index in [2.05, 4.69) is 19.4 Å². The van der Waals surface area contributed by atoms with Gasteiger partial charge in [-0.15, -0.1) is 0 Å². The molecule has 0 radical (unpaired) electrons. The van der Waals surface area contributed by atoms with E-state index in [0.717, 1.165) is 38.0 Å². The van der Waals surface area contributed by atoms with Crippen molar-refractivity contribution in [3.63, 3.8) is 0 Å². The highest BCUT2D eigenvalue weighted by atomic mass is 16.5. The molecule has 0 spiro atoms. The molecule has 0 aromatic carbocycles. The number of fused-ring (bicyclic) bond motifs is 1. The van der Waals surface area contributed by atoms with Crippen LogP contribution in [0.2, 0.25) is 0 Å². The fourth-order valence-electron chi connectivity index (χ4n) is 3.37. The lowest BCUT2D eigenvalue weighted by Gasteiger charge is -2.37. The molecule has 2 aliphatic rings. The van der Waals surface area contributed by atoms with Crippen LogP contribution in [-0.4, -0.2) is 38.6 Å². The third-order valence-corrected chi connectivity index (χ3v) is 4.82. The van der Waals surface area contributed by atoms with E-state index in [9.17, 15) is 0 Å². The van der Waals surface area contributed by atoms with Crippen LogP contribution >= 0.6 is 0 Å². The minimum atomic E-state index is 0.483. The lowest BCUT2D eigenvalue weighted by molar-refractivity contribution is 0.0896. The van der Waals surface area contributed by atoms with E-state index in [1.807, 2.05) is 24.7 Å². The topological polar surface area (TPSA) is 43.2 Å². The van der Waals surface area contributed by atoms with Crippen molar-refractivity contribution in [1.29, 1.82) is 0 Å². The number of rotatable bonds is 4. The summed E-state index contributed by atoms with van der Waals surface area (Å²) in [5.41, 5.74) is 1.33. The third-order valence-electron chi connectivity index (χ3n) is 4.82. The molecule has 4 rings (SSSR count). The molecule has 1 aliphatic heterocycles. The molecule has 0 saturated heterocycles. The zero-order valence-corrected chi connectivity index (χ0v) is 12.8. The van der Waals surface area contributed by atoms with Crippen molar-refractivity contribution in [2.75, 3.05) is 13.2 Å². The second-order valence-corrected chi connectivity index (χ2v) is 6.42. The van der Waals surface area contributed by atoms with Crippen LogP contribution in [0.4, 0.5) is 0 Å². The van der Waals surface area contributed by atoms with Gasteiger partial charge in [0.15, 0.2) is 0 Å². The van der Waals surface area contributed by atoms with Gasteiger partial charge in [0.1, 0.15) is 5.75 Å². The zero-order valence-electron chi connectivity index (χ0n) is 12.8. The van der Waals surface area contributed by atoms with E-state index in [0.29, 0.717) is 5.92 Å². The minimum Gasteiger partial charge on any atom is -0.492 e. The van der Waals surface area contributed by atoms with Gasteiger partial charge in [-0.05, 0) is 25.0 Å². The van der Waals surface area contributed by atoms with Gasteiger partial charge in [0.05, 0.1) is 24.8 Å². The summed E-state index contributed by atoms with van der Waals surface area (Å²) in [5, 5.41) is 0. The maximum atomic E-state index is 5.95. The highest BCUT2D eigenvalue weighted by molar-refractivity contribution is 5.15. The minimum absolute atomic E-state index is 0.483. The second kappa shape index (κ2) is 6.08. The van der Waals surface area contributed by atoms with Gasteiger partial charge in [0.25, 0.3) is 0 Å². The van der Waals surface area contributed by atoms with Crippen molar-refractivity contribution in [3.05, 3.63) is 42.7 Å². The number of aromatic nitrogens is 3. The van der Waals surface area contributed by atoms with Crippen molar-refractivity contribution in [2.45, 2.75) is 38.4 Å². The Morgan fingerprint density at radius 1 is 1.18 bits per heavy atom. The lowest BCUT2D eigenvalue weighted by Crippen LogP contribution is -2.42. The highest BCUT2D eigenvalue weighted by Crippen LogP contribution is 2.29. The van der Waals surface area contributed by atoms with Crippen LogP contribution < -0.4 is 4.74 Å². The smallest absolute Gasteiger partial charge is 0.137 e. The fourth-order valence-corrected chi connectivity index (χ4v) is 3.37. The molecule has 5 nitrogen and oxygen atoms in total. The van der Waals surface area contributed by atoms with Gasteiger partial charge in [0, 0.05) is 44.0 Å². The molecule has 0 unspecified atom stereocenters. The van der Waals surface area contributed by atoms with Crippen LogP contribution in [-0.2, 0) is 13.1 Å². The summed E-state index contributed by atoms with van der Waals surface area (Å²) in [6, 6.07) is 4.63. The van der Waals surface area contributed by atoms with E-state index in [4.69, 9.17) is 4.74 Å². The van der Waals surface area contributed by atoms with Gasteiger partial charge in [-0.2, -0.15) is 0 Å². The molecule has 22 heavy (non-hydrogen) atoms. The molecule has 1 fully saturated rings. The summed E-state index contributed by atoms with van der Waals surface area (Å²) in [6.45, 7) is 3.84. The van der Waals surface area contributed by atoms with Crippen molar-refractivity contribution in [1.82, 2.24) is 19.4 Å². The van der Waals surface area contributed by atoms with Crippen LogP contribution in [0.15, 0.2) is 37.1 Å². The second-order valence-electron chi connectivity index (χ2n) is 6.42. The lowest BCUT2D eigenvalue weighted by atomic mass is 9.90. The molecular weight excluding hydrogens is 276 g/mol. The van der Waals surface area contributed by atoms with Crippen LogP contribution in [0.5, 0.6) is 5.75 Å². The first-order valence-corrected chi connectivity index (χ1v) is 8.14. The average Bonchev–Trinajstić information content (AvgIpc) is 2.84. The van der Waals surface area contributed by atoms with Crippen molar-refractivity contribution in [2.24, 2.45) is 5.92 Å². The largest absolute Gasteiger partial charge is 0.492 e. The van der Waals surface area contributed by atoms with Gasteiger partial charge in [-0.1, -0.05) is 6.42 Å². The molecule has 1 atom stereocenters. The molecule has 0 N–H and O–H groups in total. The standard InChI is InChI=1S/C17H22N4O/c1-3-15(4-1)20-9-14(10-21-13-19-7-16(21)11-20)12-22-17-5-2-6-18-8-17/h2,5-8,13-15H,1,3-4,9-12H2/t14-/m1/s1. The molecule has 3 heterocycles. The molecule has 1 aliphatic carbocycles. The quantitative estimate of drug-likeness (QED) is 0.869. The van der Waals surface area contributed by atoms with Crippen molar-refractivity contribution < 1.29 is 4.74 Å². The predicted octanol–water partition coefficient (Wildman–Crippen LogP) is 2.34. The molecule has 2 aromatic heterocycles. The Bertz CT molecular complexity index is 608. The first-order chi connectivity index (χ1) is 10.9. The Kier molecular flexibility index (Phi) is 3.81. The van der Waals surface area contributed by atoms with Crippen molar-refractivity contribution >= 4 is 0 Å². The number of hydrogen-bond acceptors (Lipinski definition) is 4. The van der Waals surface area contributed by atoms with E-state index in [-0.39, 0.29) is 0 Å². The fraction of sp³-hybridized carbons (Fsp3) is 0.529. The molecule has 5 heteroatoms. The number of ether oxygens (including phenoxy) is 1. The van der Waals surface area contributed by atoms with Gasteiger partial charge >= 0.3 is 0 Å². The van der Waals surface area contributed by atoms with Crippen molar-refractivity contribution in [3.8, 4) is 5.75 Å². The van der Waals surface area contributed by atoms with E-state index in [1.54, 1.807) is 12.4 Å². The third kappa shape index (κ3) is 2.86. The summed E-state index contributed by atoms with van der Waals surface area (Å²) >= 11 is 0. The van der Waals surface area contributed by atoms with Gasteiger partial charge < -0.3 is 9.30 Å². The van der Waals surface area contributed by atoms with Gasteiger partial charge in [-0.25, -0.2) is 4.98 Å². The number of nitrogens with zero attached hydrogens (tertiary/aromatic N) is 4. The number of hydrogen-bond donors (Lipinski definition) is 0. The Labute approximate surface area is 130 Å². The monoisotopic (exact) mass is 298 g/mol. The van der Waals surface area contributed by atoms with E-state index < -0.39 is 0 Å². The Morgan fingerprint density at radius 2 is 2.14 bits per heavy atom. The predicted molar refractivity (Wildman–Crippen MR) is 83.5 cm³/mol. The zero-order chi connectivity index (χ0) is 14.8. The molecule has 0 amide bonds. The van der Waals surface area contributed by atoms with E-state index >= 15 is 0 Å². The molecular formula is C17H22N4O. The van der Waals surface area contributed by atoms with Gasteiger partial charge in [-0.3, -0.25) is 9.88 Å². The Hall–Kier alpha value is -1.88. The van der Waals surface area contributed by atoms with Gasteiger partial charge in [0.2, 0.25) is 0 Å². The van der Waals surface area contributed by atoms with Crippen LogP contribution in [0.1, 0.15) is 25.0 Å². The summed E-state index contributed by atoms with van der Waals surface area (Å²) in [6.07, 6.45) is 11.6. The molecule has 2 aromatic rings. The maximum Gasteiger partial charge on any atom is 0.137 e. The average molecular weight is 298 g/mol. The summed E-state index contributed by atoms with van der Waals surface area (Å²) in [5.74, 6) is 1.34. The summed E-state index contributed by atoms with van der Waals surface area (Å²) in [4.78, 5) is 11.1. The normalized spacial score (nSPS) is 22.6. The first kappa shape index (κ1) is 13.8.